The lowest BCUT2D eigenvalue weighted by Gasteiger charge is -2.21. The van der Waals surface area contributed by atoms with Gasteiger partial charge in [-0.1, -0.05) is 36.4 Å². The largest absolute Gasteiger partial charge is 0.493 e. The van der Waals surface area contributed by atoms with Gasteiger partial charge < -0.3 is 9.64 Å². The van der Waals surface area contributed by atoms with Crippen LogP contribution < -0.4 is 9.64 Å². The van der Waals surface area contributed by atoms with E-state index in [2.05, 4.69) is 0 Å². The van der Waals surface area contributed by atoms with Gasteiger partial charge in [0.1, 0.15) is 5.75 Å². The summed E-state index contributed by atoms with van der Waals surface area (Å²) in [5.41, 5.74) is 0.917. The molecule has 0 spiro atoms. The number of carbonyl (C=O) groups excluding carboxylic acids is 1. The Bertz CT molecular complexity index is 574. The molecule has 0 saturated carbocycles. The molecule has 2 rings (SSSR count). The molecule has 1 atom stereocenters. The number of rotatable bonds is 7. The maximum absolute atomic E-state index is 12.4. The van der Waals surface area contributed by atoms with Gasteiger partial charge in [0, 0.05) is 18.5 Å². The van der Waals surface area contributed by atoms with E-state index in [1.807, 2.05) is 74.6 Å². The van der Waals surface area contributed by atoms with Gasteiger partial charge in [0.05, 0.1) is 11.9 Å². The fourth-order valence-electron chi connectivity index (χ4n) is 2.02. The molecule has 0 bridgehead atoms. The number of carbonyl (C=O) groups is 1. The first-order valence-electron chi connectivity index (χ1n) is 7.30. The van der Waals surface area contributed by atoms with Crippen LogP contribution in [0.4, 0.5) is 5.69 Å². The number of hydrogen-bond acceptors (Lipinski definition) is 3. The summed E-state index contributed by atoms with van der Waals surface area (Å²) in [4.78, 5) is 14.1. The molecule has 0 N–H and O–H groups in total. The predicted molar refractivity (Wildman–Crippen MR) is 93.7 cm³/mol. The molecule has 0 heterocycles. The van der Waals surface area contributed by atoms with Crippen LogP contribution in [0.2, 0.25) is 0 Å². The Morgan fingerprint density at radius 3 is 2.32 bits per heavy atom. The number of amides is 1. The molecule has 0 radical (unpaired) electrons. The highest BCUT2D eigenvalue weighted by Gasteiger charge is 2.18. The van der Waals surface area contributed by atoms with Crippen molar-refractivity contribution in [1.29, 1.82) is 0 Å². The number of para-hydroxylation sites is 2. The monoisotopic (exact) mass is 315 g/mol. The molecule has 0 saturated heterocycles. The second-order valence-corrected chi connectivity index (χ2v) is 6.36. The number of benzene rings is 2. The molecule has 1 amide bonds. The normalized spacial score (nSPS) is 11.7. The Hall–Kier alpha value is -1.94. The number of nitrogens with zero attached hydrogens (tertiary/aromatic N) is 1. The van der Waals surface area contributed by atoms with Crippen LogP contribution in [0.15, 0.2) is 60.7 Å². The van der Waals surface area contributed by atoms with Crippen molar-refractivity contribution in [2.45, 2.75) is 12.2 Å². The maximum atomic E-state index is 12.4. The van der Waals surface area contributed by atoms with Crippen molar-refractivity contribution in [3.8, 4) is 5.75 Å². The van der Waals surface area contributed by atoms with Crippen LogP contribution >= 0.6 is 11.8 Å². The summed E-state index contributed by atoms with van der Waals surface area (Å²) in [6.07, 6.45) is 0. The zero-order valence-corrected chi connectivity index (χ0v) is 13.8. The zero-order valence-electron chi connectivity index (χ0n) is 12.9. The third-order valence-electron chi connectivity index (χ3n) is 3.28. The van der Waals surface area contributed by atoms with Gasteiger partial charge in [-0.15, -0.1) is 11.8 Å². The average Bonchev–Trinajstić information content (AvgIpc) is 2.59. The van der Waals surface area contributed by atoms with E-state index < -0.39 is 0 Å². The zero-order chi connectivity index (χ0) is 15.8. The van der Waals surface area contributed by atoms with Crippen LogP contribution in [-0.4, -0.2) is 30.6 Å². The minimum Gasteiger partial charge on any atom is -0.493 e. The predicted octanol–water partition coefficient (Wildman–Crippen LogP) is 3.85. The standard InChI is InChI=1S/C18H21NO2S/c1-15(18(20)19(2)16-9-5-3-6-10-16)22-14-13-21-17-11-7-4-8-12-17/h3-12,15H,13-14H2,1-2H3. The van der Waals surface area contributed by atoms with Crippen molar-refractivity contribution in [3.05, 3.63) is 60.7 Å². The summed E-state index contributed by atoms with van der Waals surface area (Å²) in [7, 11) is 1.81. The van der Waals surface area contributed by atoms with Crippen LogP contribution in [0, 0.1) is 0 Å². The number of hydrogen-bond donors (Lipinski definition) is 0. The van der Waals surface area contributed by atoms with Crippen LogP contribution in [0.5, 0.6) is 5.75 Å². The first-order valence-corrected chi connectivity index (χ1v) is 8.35. The third-order valence-corrected chi connectivity index (χ3v) is 4.39. The average molecular weight is 315 g/mol. The lowest BCUT2D eigenvalue weighted by Crippen LogP contribution is -2.33. The van der Waals surface area contributed by atoms with Crippen LogP contribution in [0.1, 0.15) is 6.92 Å². The first-order chi connectivity index (χ1) is 10.7. The second-order valence-electron chi connectivity index (χ2n) is 4.91. The summed E-state index contributed by atoms with van der Waals surface area (Å²) < 4.78 is 5.64. The molecule has 3 nitrogen and oxygen atoms in total. The van der Waals surface area contributed by atoms with Gasteiger partial charge in [-0.05, 0) is 31.2 Å². The summed E-state index contributed by atoms with van der Waals surface area (Å²) in [5.74, 6) is 1.75. The maximum Gasteiger partial charge on any atom is 0.239 e. The van der Waals surface area contributed by atoms with Gasteiger partial charge in [-0.2, -0.15) is 0 Å². The van der Waals surface area contributed by atoms with Crippen LogP contribution in [0.25, 0.3) is 0 Å². The number of thioether (sulfide) groups is 1. The van der Waals surface area contributed by atoms with E-state index in [4.69, 9.17) is 4.74 Å². The molecule has 0 aliphatic rings. The molecule has 0 aromatic heterocycles. The topological polar surface area (TPSA) is 29.5 Å². The smallest absolute Gasteiger partial charge is 0.239 e. The van der Waals surface area contributed by atoms with Crippen molar-refractivity contribution in [2.75, 3.05) is 24.3 Å². The Morgan fingerprint density at radius 1 is 1.09 bits per heavy atom. The Kier molecular flexibility index (Phi) is 6.34. The summed E-state index contributed by atoms with van der Waals surface area (Å²) in [5, 5.41) is -0.0930. The molecule has 0 fully saturated rings. The molecule has 22 heavy (non-hydrogen) atoms. The van der Waals surface area contributed by atoms with Crippen LogP contribution in [0.3, 0.4) is 0 Å². The molecule has 2 aromatic rings. The third kappa shape index (κ3) is 4.81. The quantitative estimate of drug-likeness (QED) is 0.727. The van der Waals surface area contributed by atoms with Gasteiger partial charge in [0.2, 0.25) is 5.91 Å². The van der Waals surface area contributed by atoms with Crippen molar-refractivity contribution in [3.63, 3.8) is 0 Å². The highest BCUT2D eigenvalue weighted by Crippen LogP contribution is 2.18. The minimum absolute atomic E-state index is 0.0930. The molecule has 0 aliphatic carbocycles. The van der Waals surface area contributed by atoms with Crippen molar-refractivity contribution >= 4 is 23.4 Å². The Balaban J connectivity index is 1.75. The first kappa shape index (κ1) is 16.4. The van der Waals surface area contributed by atoms with E-state index in [1.165, 1.54) is 0 Å². The van der Waals surface area contributed by atoms with Gasteiger partial charge in [0.15, 0.2) is 0 Å². The summed E-state index contributed by atoms with van der Waals surface area (Å²) in [6, 6.07) is 19.4. The minimum atomic E-state index is -0.0930. The van der Waals surface area contributed by atoms with Crippen LogP contribution in [-0.2, 0) is 4.79 Å². The highest BCUT2D eigenvalue weighted by atomic mass is 32.2. The Labute approximate surface area is 136 Å². The second kappa shape index (κ2) is 8.49. The lowest BCUT2D eigenvalue weighted by molar-refractivity contribution is -0.117. The molecule has 1 unspecified atom stereocenters. The molecule has 116 valence electrons. The van der Waals surface area contributed by atoms with E-state index >= 15 is 0 Å². The van der Waals surface area contributed by atoms with Gasteiger partial charge in [-0.25, -0.2) is 0 Å². The van der Waals surface area contributed by atoms with E-state index in [-0.39, 0.29) is 11.2 Å². The van der Waals surface area contributed by atoms with E-state index in [9.17, 15) is 4.79 Å². The van der Waals surface area contributed by atoms with E-state index in [0.717, 1.165) is 17.2 Å². The van der Waals surface area contributed by atoms with E-state index in [1.54, 1.807) is 16.7 Å². The number of anilines is 1. The molecule has 4 heteroatoms. The Morgan fingerprint density at radius 2 is 1.68 bits per heavy atom. The van der Waals surface area contributed by atoms with Crippen molar-refractivity contribution in [2.24, 2.45) is 0 Å². The van der Waals surface area contributed by atoms with E-state index in [0.29, 0.717) is 6.61 Å². The van der Waals surface area contributed by atoms with Gasteiger partial charge in [-0.3, -0.25) is 4.79 Å². The molecular formula is C18H21NO2S. The van der Waals surface area contributed by atoms with Crippen molar-refractivity contribution in [1.82, 2.24) is 0 Å². The molecule has 0 aliphatic heterocycles. The SMILES string of the molecule is CC(SCCOc1ccccc1)C(=O)N(C)c1ccccc1. The highest BCUT2D eigenvalue weighted by molar-refractivity contribution is 8.00. The number of ether oxygens (including phenoxy) is 1. The fraction of sp³-hybridized carbons (Fsp3) is 0.278. The molecular weight excluding hydrogens is 294 g/mol. The van der Waals surface area contributed by atoms with Gasteiger partial charge >= 0.3 is 0 Å². The summed E-state index contributed by atoms with van der Waals surface area (Å²) in [6.45, 7) is 2.54. The van der Waals surface area contributed by atoms with Gasteiger partial charge in [0.25, 0.3) is 0 Å². The molecule has 2 aromatic carbocycles. The summed E-state index contributed by atoms with van der Waals surface area (Å²) >= 11 is 1.61. The van der Waals surface area contributed by atoms with Crippen molar-refractivity contribution < 1.29 is 9.53 Å². The fourth-order valence-corrected chi connectivity index (χ4v) is 2.86. The lowest BCUT2D eigenvalue weighted by atomic mass is 10.3.